The Labute approximate surface area is 172 Å². The number of fused-ring (bicyclic) bond motifs is 1. The molecule has 2 aromatic carbocycles. The molecule has 0 spiro atoms. The van der Waals surface area contributed by atoms with E-state index in [1.165, 1.54) is 11.3 Å². The fourth-order valence-electron chi connectivity index (χ4n) is 3.36. The first-order chi connectivity index (χ1) is 14.2. The quantitative estimate of drug-likeness (QED) is 0.421. The summed E-state index contributed by atoms with van der Waals surface area (Å²) in [4.78, 5) is 19.1. The Morgan fingerprint density at radius 3 is 2.69 bits per heavy atom. The van der Waals surface area contributed by atoms with Crippen LogP contribution in [0, 0.1) is 11.3 Å². The lowest BCUT2D eigenvalue weighted by Crippen LogP contribution is -2.23. The third-order valence-electron chi connectivity index (χ3n) is 4.78. The van der Waals surface area contributed by atoms with E-state index in [1.54, 1.807) is 11.7 Å². The average Bonchev–Trinajstić information content (AvgIpc) is 3.20. The van der Waals surface area contributed by atoms with Gasteiger partial charge in [-0.3, -0.25) is 9.36 Å². The standard InChI is InChI=1S/C23H19N3O2S/c1-28-18-11-7-10-17(14-18)19-15-29-22-20(19)23(27)26(13-6-5-12-24)21(25-22)16-8-3-2-4-9-16/h2-4,7-11,14-15H,5-6,13H2,1H3. The van der Waals surface area contributed by atoms with Gasteiger partial charge in [-0.15, -0.1) is 11.3 Å². The number of hydrogen-bond donors (Lipinski definition) is 0. The maximum absolute atomic E-state index is 13.5. The maximum Gasteiger partial charge on any atom is 0.263 e. The van der Waals surface area contributed by atoms with Crippen LogP contribution in [0.4, 0.5) is 0 Å². The molecule has 29 heavy (non-hydrogen) atoms. The smallest absolute Gasteiger partial charge is 0.263 e. The first-order valence-corrected chi connectivity index (χ1v) is 10.2. The van der Waals surface area contributed by atoms with Gasteiger partial charge in [0.15, 0.2) is 0 Å². The summed E-state index contributed by atoms with van der Waals surface area (Å²) in [7, 11) is 1.63. The largest absolute Gasteiger partial charge is 0.497 e. The lowest BCUT2D eigenvalue weighted by Gasteiger charge is -2.12. The zero-order valence-electron chi connectivity index (χ0n) is 16.0. The zero-order chi connectivity index (χ0) is 20.2. The minimum atomic E-state index is -0.0779. The predicted octanol–water partition coefficient (Wildman–Crippen LogP) is 5.10. The summed E-state index contributed by atoms with van der Waals surface area (Å²) in [6.45, 7) is 0.451. The Balaban J connectivity index is 1.94. The Kier molecular flexibility index (Phi) is 5.41. The van der Waals surface area contributed by atoms with Crippen molar-refractivity contribution in [3.8, 4) is 34.3 Å². The Morgan fingerprint density at radius 2 is 1.93 bits per heavy atom. The summed E-state index contributed by atoms with van der Waals surface area (Å²) in [6.07, 6.45) is 0.993. The van der Waals surface area contributed by atoms with E-state index < -0.39 is 0 Å². The van der Waals surface area contributed by atoms with E-state index in [4.69, 9.17) is 15.0 Å². The molecule has 0 saturated heterocycles. The summed E-state index contributed by atoms with van der Waals surface area (Å²) in [5, 5.41) is 11.5. The molecule has 4 aromatic rings. The first kappa shape index (κ1) is 18.9. The van der Waals surface area contributed by atoms with Crippen LogP contribution in [-0.2, 0) is 6.54 Å². The number of nitriles is 1. The number of methoxy groups -OCH3 is 1. The van der Waals surface area contributed by atoms with Crippen molar-refractivity contribution in [1.82, 2.24) is 9.55 Å². The third-order valence-corrected chi connectivity index (χ3v) is 5.65. The number of rotatable bonds is 6. The van der Waals surface area contributed by atoms with Crippen molar-refractivity contribution < 1.29 is 4.74 Å². The maximum atomic E-state index is 13.5. The second-order valence-corrected chi connectivity index (χ2v) is 7.44. The lowest BCUT2D eigenvalue weighted by molar-refractivity contribution is 0.415. The highest BCUT2D eigenvalue weighted by atomic mass is 32.1. The molecule has 0 amide bonds. The molecule has 0 N–H and O–H groups in total. The topological polar surface area (TPSA) is 67.9 Å². The molecule has 0 aliphatic heterocycles. The number of benzene rings is 2. The van der Waals surface area contributed by atoms with Crippen molar-refractivity contribution >= 4 is 21.6 Å². The molecule has 4 rings (SSSR count). The number of hydrogen-bond acceptors (Lipinski definition) is 5. The summed E-state index contributed by atoms with van der Waals surface area (Å²) < 4.78 is 7.03. The summed E-state index contributed by atoms with van der Waals surface area (Å²) >= 11 is 1.46. The van der Waals surface area contributed by atoms with Crippen LogP contribution in [0.2, 0.25) is 0 Å². The molecule has 144 valence electrons. The summed E-state index contributed by atoms with van der Waals surface area (Å²) in [5.41, 5.74) is 2.59. The van der Waals surface area contributed by atoms with Crippen LogP contribution < -0.4 is 10.3 Å². The molecular formula is C23H19N3O2S. The molecular weight excluding hydrogens is 382 g/mol. The van der Waals surface area contributed by atoms with E-state index in [1.807, 2.05) is 60.0 Å². The zero-order valence-corrected chi connectivity index (χ0v) is 16.8. The highest BCUT2D eigenvalue weighted by Crippen LogP contribution is 2.33. The van der Waals surface area contributed by atoms with Gasteiger partial charge in [0.2, 0.25) is 0 Å². The van der Waals surface area contributed by atoms with Crippen LogP contribution in [0.5, 0.6) is 5.75 Å². The normalized spacial score (nSPS) is 10.8. The molecule has 5 nitrogen and oxygen atoms in total. The van der Waals surface area contributed by atoms with E-state index in [-0.39, 0.29) is 5.56 Å². The van der Waals surface area contributed by atoms with E-state index in [0.29, 0.717) is 35.4 Å². The molecule has 0 bridgehead atoms. The predicted molar refractivity (Wildman–Crippen MR) is 116 cm³/mol. The average molecular weight is 401 g/mol. The van der Waals surface area contributed by atoms with Crippen molar-refractivity contribution in [3.63, 3.8) is 0 Å². The van der Waals surface area contributed by atoms with Crippen molar-refractivity contribution in [2.24, 2.45) is 0 Å². The molecule has 0 unspecified atom stereocenters. The Morgan fingerprint density at radius 1 is 1.14 bits per heavy atom. The number of unbranched alkanes of at least 4 members (excludes halogenated alkanes) is 1. The molecule has 0 aliphatic rings. The van der Waals surface area contributed by atoms with E-state index in [2.05, 4.69) is 6.07 Å². The highest BCUT2D eigenvalue weighted by Gasteiger charge is 2.18. The van der Waals surface area contributed by atoms with Gasteiger partial charge >= 0.3 is 0 Å². The Bertz CT molecular complexity index is 1250. The number of nitrogens with zero attached hydrogens (tertiary/aromatic N) is 3. The molecule has 2 heterocycles. The van der Waals surface area contributed by atoms with Gasteiger partial charge in [-0.2, -0.15) is 5.26 Å². The van der Waals surface area contributed by atoms with Gasteiger partial charge in [0.1, 0.15) is 16.4 Å². The van der Waals surface area contributed by atoms with Gasteiger partial charge in [-0.25, -0.2) is 4.98 Å². The highest BCUT2D eigenvalue weighted by molar-refractivity contribution is 7.17. The van der Waals surface area contributed by atoms with Crippen molar-refractivity contribution in [3.05, 3.63) is 70.3 Å². The van der Waals surface area contributed by atoms with Gasteiger partial charge in [-0.05, 0) is 24.1 Å². The monoisotopic (exact) mass is 401 g/mol. The van der Waals surface area contributed by atoms with Crippen LogP contribution in [0.1, 0.15) is 12.8 Å². The SMILES string of the molecule is COc1cccc(-c2csc3nc(-c4ccccc4)n(CCCC#N)c(=O)c23)c1. The Hall–Kier alpha value is -3.43. The minimum absolute atomic E-state index is 0.0779. The van der Waals surface area contributed by atoms with Crippen LogP contribution in [0.25, 0.3) is 32.7 Å². The number of aromatic nitrogens is 2. The van der Waals surface area contributed by atoms with Gasteiger partial charge < -0.3 is 4.74 Å². The van der Waals surface area contributed by atoms with E-state index >= 15 is 0 Å². The molecule has 0 saturated carbocycles. The molecule has 0 aliphatic carbocycles. The van der Waals surface area contributed by atoms with Gasteiger partial charge in [-0.1, -0.05) is 42.5 Å². The van der Waals surface area contributed by atoms with Crippen LogP contribution in [0.15, 0.2) is 64.8 Å². The van der Waals surface area contributed by atoms with E-state index in [0.717, 1.165) is 22.4 Å². The number of thiophene rings is 1. The van der Waals surface area contributed by atoms with Crippen LogP contribution in [-0.4, -0.2) is 16.7 Å². The second kappa shape index (κ2) is 8.29. The number of ether oxygens (including phenoxy) is 1. The molecule has 2 aromatic heterocycles. The van der Waals surface area contributed by atoms with Crippen LogP contribution >= 0.6 is 11.3 Å². The third kappa shape index (κ3) is 3.65. The van der Waals surface area contributed by atoms with Crippen molar-refractivity contribution in [1.29, 1.82) is 5.26 Å². The lowest BCUT2D eigenvalue weighted by atomic mass is 10.1. The minimum Gasteiger partial charge on any atom is -0.497 e. The summed E-state index contributed by atoms with van der Waals surface area (Å²) in [6, 6.07) is 19.5. The van der Waals surface area contributed by atoms with Gasteiger partial charge in [0, 0.05) is 29.5 Å². The second-order valence-electron chi connectivity index (χ2n) is 6.58. The van der Waals surface area contributed by atoms with Crippen molar-refractivity contribution in [2.45, 2.75) is 19.4 Å². The van der Waals surface area contributed by atoms with Crippen LogP contribution in [0.3, 0.4) is 0 Å². The fraction of sp³-hybridized carbons (Fsp3) is 0.174. The molecule has 0 fully saturated rings. The molecule has 6 heteroatoms. The fourth-order valence-corrected chi connectivity index (χ4v) is 4.30. The molecule has 0 radical (unpaired) electrons. The van der Waals surface area contributed by atoms with E-state index in [9.17, 15) is 4.79 Å². The van der Waals surface area contributed by atoms with Gasteiger partial charge in [0.25, 0.3) is 5.56 Å². The van der Waals surface area contributed by atoms with Crippen molar-refractivity contribution in [2.75, 3.05) is 7.11 Å². The van der Waals surface area contributed by atoms with Gasteiger partial charge in [0.05, 0.1) is 18.6 Å². The summed E-state index contributed by atoms with van der Waals surface area (Å²) in [5.74, 6) is 1.38. The molecule has 0 atom stereocenters. The first-order valence-electron chi connectivity index (χ1n) is 9.31.